The SMILES string of the molecule is COc1ccc2ncc(-c3cc4c(N5CCOCC5)nccc4o3)n2n1.O=C1CCCN1. The van der Waals surface area contributed by atoms with Gasteiger partial charge in [0.05, 0.1) is 31.9 Å². The Labute approximate surface area is 184 Å². The fraction of sp³-hybridized carbons (Fsp3) is 0.364. The fourth-order valence-electron chi connectivity index (χ4n) is 3.80. The molecule has 0 aliphatic carbocycles. The number of aromatic nitrogens is 4. The van der Waals surface area contributed by atoms with Crippen LogP contribution in [-0.2, 0) is 9.53 Å². The number of furan rings is 1. The number of fused-ring (bicyclic) bond motifs is 2. The molecular formula is C22H24N6O4. The molecule has 2 aliphatic heterocycles. The van der Waals surface area contributed by atoms with E-state index in [1.807, 2.05) is 18.2 Å². The van der Waals surface area contributed by atoms with E-state index in [0.717, 1.165) is 60.6 Å². The summed E-state index contributed by atoms with van der Waals surface area (Å²) in [5.41, 5.74) is 2.28. The minimum atomic E-state index is 0.204. The number of nitrogens with zero attached hydrogens (tertiary/aromatic N) is 5. The lowest BCUT2D eigenvalue weighted by molar-refractivity contribution is -0.119. The second-order valence-electron chi connectivity index (χ2n) is 7.50. The molecule has 0 spiro atoms. The highest BCUT2D eigenvalue weighted by molar-refractivity contribution is 5.92. The van der Waals surface area contributed by atoms with Crippen molar-refractivity contribution < 1.29 is 18.7 Å². The first-order valence-corrected chi connectivity index (χ1v) is 10.6. The molecule has 6 rings (SSSR count). The van der Waals surface area contributed by atoms with Gasteiger partial charge in [0.1, 0.15) is 17.1 Å². The molecule has 2 saturated heterocycles. The summed E-state index contributed by atoms with van der Waals surface area (Å²) in [6.07, 6.45) is 5.29. The van der Waals surface area contributed by atoms with Crippen LogP contribution in [0.15, 0.2) is 41.1 Å². The molecule has 32 heavy (non-hydrogen) atoms. The summed E-state index contributed by atoms with van der Waals surface area (Å²) in [4.78, 5) is 21.3. The summed E-state index contributed by atoms with van der Waals surface area (Å²) < 4.78 is 18.5. The number of hydrogen-bond donors (Lipinski definition) is 1. The number of rotatable bonds is 3. The van der Waals surface area contributed by atoms with Gasteiger partial charge in [-0.15, -0.1) is 5.10 Å². The lowest BCUT2D eigenvalue weighted by atomic mass is 10.2. The van der Waals surface area contributed by atoms with E-state index in [1.54, 1.807) is 30.1 Å². The van der Waals surface area contributed by atoms with Crippen LogP contribution in [0.2, 0.25) is 0 Å². The minimum Gasteiger partial charge on any atom is -0.480 e. The van der Waals surface area contributed by atoms with E-state index < -0.39 is 0 Å². The first-order valence-electron chi connectivity index (χ1n) is 10.6. The Morgan fingerprint density at radius 2 is 2.03 bits per heavy atom. The first kappa shape index (κ1) is 20.3. The normalized spacial score (nSPS) is 16.2. The van der Waals surface area contributed by atoms with Crippen molar-refractivity contribution in [1.29, 1.82) is 0 Å². The van der Waals surface area contributed by atoms with Crippen LogP contribution in [0, 0.1) is 0 Å². The predicted octanol–water partition coefficient (Wildman–Crippen LogP) is 2.28. The molecular weight excluding hydrogens is 412 g/mol. The molecule has 10 nitrogen and oxygen atoms in total. The molecule has 6 heterocycles. The Bertz CT molecular complexity index is 1240. The number of hydrogen-bond acceptors (Lipinski definition) is 8. The van der Waals surface area contributed by atoms with Crippen LogP contribution in [0.25, 0.3) is 28.1 Å². The molecule has 166 valence electrons. The topological polar surface area (TPSA) is 107 Å². The lowest BCUT2D eigenvalue weighted by Crippen LogP contribution is -2.36. The summed E-state index contributed by atoms with van der Waals surface area (Å²) in [6, 6.07) is 7.52. The van der Waals surface area contributed by atoms with Crippen molar-refractivity contribution in [3.8, 4) is 17.3 Å². The van der Waals surface area contributed by atoms with Gasteiger partial charge in [0.25, 0.3) is 0 Å². The van der Waals surface area contributed by atoms with E-state index in [0.29, 0.717) is 24.9 Å². The average molecular weight is 436 g/mol. The van der Waals surface area contributed by atoms with Crippen LogP contribution in [-0.4, -0.2) is 65.4 Å². The number of methoxy groups -OCH3 is 1. The van der Waals surface area contributed by atoms with E-state index in [1.165, 1.54) is 0 Å². The molecule has 10 heteroatoms. The van der Waals surface area contributed by atoms with Gasteiger partial charge in [-0.25, -0.2) is 14.5 Å². The third-order valence-electron chi connectivity index (χ3n) is 5.44. The van der Waals surface area contributed by atoms with Gasteiger partial charge in [0.2, 0.25) is 11.8 Å². The molecule has 0 atom stereocenters. The van der Waals surface area contributed by atoms with Gasteiger partial charge in [-0.05, 0) is 24.6 Å². The smallest absolute Gasteiger partial charge is 0.231 e. The predicted molar refractivity (Wildman–Crippen MR) is 118 cm³/mol. The maximum Gasteiger partial charge on any atom is 0.231 e. The Hall–Kier alpha value is -3.66. The summed E-state index contributed by atoms with van der Waals surface area (Å²) in [6.45, 7) is 3.94. The van der Waals surface area contributed by atoms with Gasteiger partial charge < -0.3 is 24.1 Å². The zero-order valence-electron chi connectivity index (χ0n) is 17.8. The van der Waals surface area contributed by atoms with Crippen LogP contribution in [0.4, 0.5) is 5.82 Å². The van der Waals surface area contributed by atoms with Gasteiger partial charge in [-0.1, -0.05) is 0 Å². The quantitative estimate of drug-likeness (QED) is 0.521. The Kier molecular flexibility index (Phi) is 5.59. The van der Waals surface area contributed by atoms with Crippen molar-refractivity contribution in [1.82, 2.24) is 24.9 Å². The highest BCUT2D eigenvalue weighted by Gasteiger charge is 2.19. The molecule has 4 aromatic rings. The van der Waals surface area contributed by atoms with Crippen molar-refractivity contribution in [3.63, 3.8) is 0 Å². The van der Waals surface area contributed by atoms with E-state index >= 15 is 0 Å². The number of pyridine rings is 1. The minimum absolute atomic E-state index is 0.204. The van der Waals surface area contributed by atoms with Crippen LogP contribution in [0.1, 0.15) is 12.8 Å². The van der Waals surface area contributed by atoms with Gasteiger partial charge >= 0.3 is 0 Å². The molecule has 0 bridgehead atoms. The number of nitrogens with one attached hydrogen (secondary N) is 1. The van der Waals surface area contributed by atoms with Crippen LogP contribution in [0.3, 0.4) is 0 Å². The fourth-order valence-corrected chi connectivity index (χ4v) is 3.80. The zero-order chi connectivity index (χ0) is 21.9. The Morgan fingerprint density at radius 1 is 1.16 bits per heavy atom. The standard InChI is InChI=1S/C18H17N5O3.C4H7NO/c1-24-17-3-2-16-20-11-13(23(16)21-17)15-10-12-14(26-15)4-5-19-18(12)22-6-8-25-9-7-22;6-4-2-1-3-5-4/h2-5,10-11H,6-9H2,1H3;1-3H2,(H,5,6). The van der Waals surface area contributed by atoms with Crippen molar-refractivity contribution >= 4 is 28.3 Å². The van der Waals surface area contributed by atoms with Crippen molar-refractivity contribution in [2.45, 2.75) is 12.8 Å². The number of imidazole rings is 1. The van der Waals surface area contributed by atoms with Crippen LogP contribution >= 0.6 is 0 Å². The second kappa shape index (κ2) is 8.83. The Balaban J connectivity index is 0.000000314. The number of anilines is 1. The number of ether oxygens (including phenoxy) is 2. The van der Waals surface area contributed by atoms with Crippen molar-refractivity contribution in [2.75, 3.05) is 44.9 Å². The number of morpholine rings is 1. The molecule has 0 saturated carbocycles. The lowest BCUT2D eigenvalue weighted by Gasteiger charge is -2.28. The molecule has 2 fully saturated rings. The van der Waals surface area contributed by atoms with Gasteiger partial charge in [-0.3, -0.25) is 4.79 Å². The second-order valence-corrected chi connectivity index (χ2v) is 7.50. The molecule has 1 N–H and O–H groups in total. The highest BCUT2D eigenvalue weighted by Crippen LogP contribution is 2.33. The molecule has 2 aliphatic rings. The summed E-state index contributed by atoms with van der Waals surface area (Å²) in [5.74, 6) is 2.33. The third kappa shape index (κ3) is 3.96. The van der Waals surface area contributed by atoms with E-state index in [-0.39, 0.29) is 5.91 Å². The van der Waals surface area contributed by atoms with E-state index in [4.69, 9.17) is 13.9 Å². The third-order valence-corrected chi connectivity index (χ3v) is 5.44. The van der Waals surface area contributed by atoms with E-state index in [2.05, 4.69) is 25.3 Å². The van der Waals surface area contributed by atoms with Gasteiger partial charge in [0, 0.05) is 38.3 Å². The van der Waals surface area contributed by atoms with Crippen molar-refractivity contribution in [3.05, 3.63) is 36.7 Å². The zero-order valence-corrected chi connectivity index (χ0v) is 17.8. The largest absolute Gasteiger partial charge is 0.480 e. The summed E-state index contributed by atoms with van der Waals surface area (Å²) >= 11 is 0. The van der Waals surface area contributed by atoms with Crippen LogP contribution in [0.5, 0.6) is 5.88 Å². The monoisotopic (exact) mass is 436 g/mol. The molecule has 0 radical (unpaired) electrons. The molecule has 1 amide bonds. The molecule has 4 aromatic heterocycles. The Morgan fingerprint density at radius 3 is 2.75 bits per heavy atom. The van der Waals surface area contributed by atoms with Gasteiger partial charge in [-0.2, -0.15) is 0 Å². The summed E-state index contributed by atoms with van der Waals surface area (Å²) in [7, 11) is 1.59. The highest BCUT2D eigenvalue weighted by atomic mass is 16.5. The number of carbonyl (C=O) groups is 1. The molecule has 0 aromatic carbocycles. The maximum absolute atomic E-state index is 10.1. The number of carbonyl (C=O) groups excluding carboxylic acids is 1. The molecule has 0 unspecified atom stereocenters. The number of amides is 1. The van der Waals surface area contributed by atoms with Gasteiger partial charge in [0.15, 0.2) is 11.4 Å². The average Bonchev–Trinajstić information content (AvgIpc) is 3.58. The van der Waals surface area contributed by atoms with Crippen LogP contribution < -0.4 is 15.0 Å². The summed E-state index contributed by atoms with van der Waals surface area (Å²) in [5, 5.41) is 8.10. The maximum atomic E-state index is 10.1. The van der Waals surface area contributed by atoms with Crippen molar-refractivity contribution in [2.24, 2.45) is 0 Å². The van der Waals surface area contributed by atoms with E-state index in [9.17, 15) is 4.79 Å². The first-order chi connectivity index (χ1) is 15.7.